The average molecular weight is 424 g/mol. The minimum atomic E-state index is -0.446. The number of carbonyl (C=O) groups excluding carboxylic acids is 2. The van der Waals surface area contributed by atoms with Crippen molar-refractivity contribution >= 4 is 46.4 Å². The lowest BCUT2D eigenvalue weighted by Gasteiger charge is -2.09. The SMILES string of the molecule is COc1ccc(C(=O)N/N=C(\C)CC(=O)Nc2cc(Cl)ccc2Cl)cc1OC. The highest BCUT2D eigenvalue weighted by Crippen LogP contribution is 2.27. The highest BCUT2D eigenvalue weighted by molar-refractivity contribution is 6.35. The number of hydrogen-bond acceptors (Lipinski definition) is 5. The second-order valence-corrected chi connectivity index (χ2v) is 6.55. The highest BCUT2D eigenvalue weighted by atomic mass is 35.5. The van der Waals surface area contributed by atoms with E-state index in [0.717, 1.165) is 0 Å². The van der Waals surface area contributed by atoms with Gasteiger partial charge >= 0.3 is 0 Å². The molecule has 0 radical (unpaired) electrons. The zero-order valence-corrected chi connectivity index (χ0v) is 17.0. The second kappa shape index (κ2) is 9.96. The predicted molar refractivity (Wildman–Crippen MR) is 110 cm³/mol. The van der Waals surface area contributed by atoms with Crippen molar-refractivity contribution in [3.05, 3.63) is 52.0 Å². The minimum Gasteiger partial charge on any atom is -0.493 e. The lowest BCUT2D eigenvalue weighted by atomic mass is 10.2. The topological polar surface area (TPSA) is 89.0 Å². The van der Waals surface area contributed by atoms with Gasteiger partial charge in [-0.2, -0.15) is 5.10 Å². The molecule has 0 fully saturated rings. The van der Waals surface area contributed by atoms with Crippen LogP contribution in [0.4, 0.5) is 5.69 Å². The van der Waals surface area contributed by atoms with E-state index in [1.165, 1.54) is 20.3 Å². The normalized spacial score (nSPS) is 11.0. The van der Waals surface area contributed by atoms with E-state index >= 15 is 0 Å². The molecule has 0 atom stereocenters. The van der Waals surface area contributed by atoms with Crippen LogP contribution < -0.4 is 20.2 Å². The van der Waals surface area contributed by atoms with Crippen LogP contribution in [0.25, 0.3) is 0 Å². The van der Waals surface area contributed by atoms with Crippen molar-refractivity contribution in [2.45, 2.75) is 13.3 Å². The Kier molecular flexibility index (Phi) is 7.66. The van der Waals surface area contributed by atoms with Gasteiger partial charge in [0.1, 0.15) is 0 Å². The molecule has 0 saturated heterocycles. The monoisotopic (exact) mass is 423 g/mol. The zero-order chi connectivity index (χ0) is 20.7. The first-order valence-electron chi connectivity index (χ1n) is 8.14. The molecule has 0 spiro atoms. The molecular formula is C19H19Cl2N3O4. The lowest BCUT2D eigenvalue weighted by molar-refractivity contribution is -0.115. The van der Waals surface area contributed by atoms with Crippen LogP contribution in [0, 0.1) is 0 Å². The van der Waals surface area contributed by atoms with Gasteiger partial charge in [-0.05, 0) is 43.3 Å². The maximum absolute atomic E-state index is 12.2. The molecule has 0 aliphatic heterocycles. The average Bonchev–Trinajstić information content (AvgIpc) is 2.68. The number of ether oxygens (including phenoxy) is 2. The fourth-order valence-electron chi connectivity index (χ4n) is 2.25. The predicted octanol–water partition coefficient (Wildman–Crippen LogP) is 4.15. The van der Waals surface area contributed by atoms with Crippen LogP contribution in [0.5, 0.6) is 11.5 Å². The van der Waals surface area contributed by atoms with E-state index in [1.807, 2.05) is 0 Å². The molecule has 0 aromatic heterocycles. The molecule has 28 heavy (non-hydrogen) atoms. The Morgan fingerprint density at radius 3 is 2.43 bits per heavy atom. The quantitative estimate of drug-likeness (QED) is 0.517. The summed E-state index contributed by atoms with van der Waals surface area (Å²) in [4.78, 5) is 24.3. The Hall–Kier alpha value is -2.77. The van der Waals surface area contributed by atoms with E-state index in [2.05, 4.69) is 15.8 Å². The van der Waals surface area contributed by atoms with E-state index in [4.69, 9.17) is 32.7 Å². The van der Waals surface area contributed by atoms with Crippen molar-refractivity contribution in [2.75, 3.05) is 19.5 Å². The lowest BCUT2D eigenvalue weighted by Crippen LogP contribution is -2.21. The van der Waals surface area contributed by atoms with Crippen molar-refractivity contribution in [1.29, 1.82) is 0 Å². The van der Waals surface area contributed by atoms with Crippen LogP contribution >= 0.6 is 23.2 Å². The maximum Gasteiger partial charge on any atom is 0.271 e. The standard InChI is InChI=1S/C19H19Cl2N3O4/c1-11(8-18(25)22-15-10-13(20)5-6-14(15)21)23-24-19(26)12-4-7-16(27-2)17(9-12)28-3/h4-7,9-10H,8H2,1-3H3,(H,22,25)(H,24,26)/b23-11+. The van der Waals surface area contributed by atoms with E-state index in [0.29, 0.717) is 38.5 Å². The molecule has 0 bridgehead atoms. The van der Waals surface area contributed by atoms with Gasteiger partial charge in [0.2, 0.25) is 5.91 Å². The Morgan fingerprint density at radius 2 is 1.75 bits per heavy atom. The van der Waals surface area contributed by atoms with E-state index in [1.54, 1.807) is 37.3 Å². The number of nitrogens with zero attached hydrogens (tertiary/aromatic N) is 1. The van der Waals surface area contributed by atoms with E-state index in [-0.39, 0.29) is 12.3 Å². The Balaban J connectivity index is 1.97. The number of hydrazone groups is 1. The van der Waals surface area contributed by atoms with Gasteiger partial charge in [0.15, 0.2) is 11.5 Å². The zero-order valence-electron chi connectivity index (χ0n) is 15.5. The summed E-state index contributed by atoms with van der Waals surface area (Å²) < 4.78 is 10.3. The molecule has 148 valence electrons. The Labute approximate surface area is 172 Å². The number of rotatable bonds is 7. The smallest absolute Gasteiger partial charge is 0.271 e. The molecule has 0 aliphatic carbocycles. The van der Waals surface area contributed by atoms with Crippen LogP contribution in [-0.2, 0) is 4.79 Å². The Bertz CT molecular complexity index is 916. The molecule has 0 unspecified atom stereocenters. The largest absolute Gasteiger partial charge is 0.493 e. The summed E-state index contributed by atoms with van der Waals surface area (Å²) in [6, 6.07) is 9.49. The van der Waals surface area contributed by atoms with Crippen LogP contribution in [0.1, 0.15) is 23.7 Å². The minimum absolute atomic E-state index is 0.0327. The first-order chi connectivity index (χ1) is 13.3. The number of hydrogen-bond donors (Lipinski definition) is 2. The van der Waals surface area contributed by atoms with Crippen molar-refractivity contribution in [1.82, 2.24) is 5.43 Å². The van der Waals surface area contributed by atoms with Crippen molar-refractivity contribution < 1.29 is 19.1 Å². The summed E-state index contributed by atoms with van der Waals surface area (Å²) in [5.41, 5.74) is 3.55. The number of benzene rings is 2. The fraction of sp³-hybridized carbons (Fsp3) is 0.211. The molecule has 2 N–H and O–H groups in total. The number of carbonyl (C=O) groups is 2. The van der Waals surface area contributed by atoms with E-state index < -0.39 is 5.91 Å². The summed E-state index contributed by atoms with van der Waals surface area (Å²) in [6.07, 6.45) is -0.0327. The number of anilines is 1. The third-order valence-electron chi connectivity index (χ3n) is 3.61. The Morgan fingerprint density at radius 1 is 1.04 bits per heavy atom. The van der Waals surface area contributed by atoms with Gasteiger partial charge in [-0.15, -0.1) is 0 Å². The molecule has 2 amide bonds. The van der Waals surface area contributed by atoms with Gasteiger partial charge in [-0.1, -0.05) is 23.2 Å². The first-order valence-corrected chi connectivity index (χ1v) is 8.90. The van der Waals surface area contributed by atoms with Gasteiger partial charge < -0.3 is 14.8 Å². The van der Waals surface area contributed by atoms with Gasteiger partial charge in [-0.25, -0.2) is 5.43 Å². The summed E-state index contributed by atoms with van der Waals surface area (Å²) in [6.45, 7) is 1.62. The van der Waals surface area contributed by atoms with Gasteiger partial charge in [0.25, 0.3) is 5.91 Å². The van der Waals surface area contributed by atoms with Crippen LogP contribution in [-0.4, -0.2) is 31.7 Å². The number of methoxy groups -OCH3 is 2. The van der Waals surface area contributed by atoms with Crippen LogP contribution in [0.2, 0.25) is 10.0 Å². The molecule has 0 aliphatic rings. The third-order valence-corrected chi connectivity index (χ3v) is 4.18. The first kappa shape index (κ1) is 21.5. The molecule has 0 heterocycles. The molecule has 2 rings (SSSR count). The van der Waals surface area contributed by atoms with Crippen molar-refractivity contribution in [3.63, 3.8) is 0 Å². The molecule has 2 aromatic carbocycles. The van der Waals surface area contributed by atoms with Crippen LogP contribution in [0.3, 0.4) is 0 Å². The van der Waals surface area contributed by atoms with Gasteiger partial charge in [-0.3, -0.25) is 9.59 Å². The molecule has 7 nitrogen and oxygen atoms in total. The van der Waals surface area contributed by atoms with Crippen LogP contribution in [0.15, 0.2) is 41.5 Å². The molecular weight excluding hydrogens is 405 g/mol. The molecule has 2 aromatic rings. The van der Waals surface area contributed by atoms with Gasteiger partial charge in [0.05, 0.1) is 31.4 Å². The van der Waals surface area contributed by atoms with Gasteiger partial charge in [0, 0.05) is 16.3 Å². The number of amides is 2. The van der Waals surface area contributed by atoms with Crippen molar-refractivity contribution in [3.8, 4) is 11.5 Å². The summed E-state index contributed by atoms with van der Waals surface area (Å²) in [7, 11) is 2.99. The van der Waals surface area contributed by atoms with Crippen molar-refractivity contribution in [2.24, 2.45) is 5.10 Å². The summed E-state index contributed by atoms with van der Waals surface area (Å²) >= 11 is 11.9. The second-order valence-electron chi connectivity index (χ2n) is 5.71. The summed E-state index contributed by atoms with van der Waals surface area (Å²) in [5.74, 6) is 0.146. The molecule has 9 heteroatoms. The number of halogens is 2. The maximum atomic E-state index is 12.2. The number of nitrogens with one attached hydrogen (secondary N) is 2. The fourth-order valence-corrected chi connectivity index (χ4v) is 2.58. The van der Waals surface area contributed by atoms with E-state index in [9.17, 15) is 9.59 Å². The third kappa shape index (κ3) is 5.87. The summed E-state index contributed by atoms with van der Waals surface area (Å²) in [5, 5.41) is 7.42. The highest BCUT2D eigenvalue weighted by Gasteiger charge is 2.11. The molecule has 0 saturated carbocycles.